The molecule has 0 aromatic rings. The van der Waals surface area contributed by atoms with Crippen molar-refractivity contribution in [2.75, 3.05) is 46.3 Å². The van der Waals surface area contributed by atoms with Gasteiger partial charge in [-0.3, -0.25) is 9.89 Å². The lowest BCUT2D eigenvalue weighted by Gasteiger charge is -2.49. The Bertz CT molecular complexity index is 358. The summed E-state index contributed by atoms with van der Waals surface area (Å²) in [6, 6.07) is 0. The van der Waals surface area contributed by atoms with Crippen molar-refractivity contribution in [3.8, 4) is 0 Å². The van der Waals surface area contributed by atoms with E-state index >= 15 is 0 Å². The summed E-state index contributed by atoms with van der Waals surface area (Å²) >= 11 is 0. The molecule has 6 heteroatoms. The fraction of sp³-hybridized carbons (Fsp3) is 0.941. The number of nitrogens with zero attached hydrogens (tertiary/aromatic N) is 3. The van der Waals surface area contributed by atoms with Crippen molar-refractivity contribution in [3.63, 3.8) is 0 Å². The molecule has 0 amide bonds. The Morgan fingerprint density at radius 2 is 1.74 bits per heavy atom. The van der Waals surface area contributed by atoms with Gasteiger partial charge in [0.15, 0.2) is 5.96 Å². The standard InChI is InChI=1S/C17H35N5.HI/c1-15(2)13-19-16(18)20-14-17(7-11-21(3)12-8-17)22-9-5-4-6-10-22;/h15H,4-14H2,1-3H3,(H3,18,19,20);1H. The molecule has 0 spiro atoms. The molecule has 2 aliphatic rings. The van der Waals surface area contributed by atoms with Gasteiger partial charge in [-0.05, 0) is 64.8 Å². The molecule has 0 aromatic carbocycles. The third kappa shape index (κ3) is 6.38. The number of hydrogen-bond acceptors (Lipinski definition) is 3. The van der Waals surface area contributed by atoms with E-state index in [0.29, 0.717) is 11.9 Å². The molecule has 2 rings (SSSR count). The average Bonchev–Trinajstić information content (AvgIpc) is 2.53. The molecule has 2 heterocycles. The maximum atomic E-state index is 6.06. The van der Waals surface area contributed by atoms with E-state index in [0.717, 1.165) is 13.1 Å². The summed E-state index contributed by atoms with van der Waals surface area (Å²) in [5.41, 5.74) is 6.30. The molecule has 0 radical (unpaired) electrons. The molecule has 5 nitrogen and oxygen atoms in total. The van der Waals surface area contributed by atoms with Crippen LogP contribution in [0.2, 0.25) is 0 Å². The van der Waals surface area contributed by atoms with Crippen LogP contribution in [-0.4, -0.2) is 67.6 Å². The second-order valence-corrected chi connectivity index (χ2v) is 7.55. The highest BCUT2D eigenvalue weighted by Gasteiger charge is 2.39. The molecule has 0 aromatic heterocycles. The van der Waals surface area contributed by atoms with Crippen molar-refractivity contribution in [2.24, 2.45) is 16.6 Å². The van der Waals surface area contributed by atoms with Crippen molar-refractivity contribution in [1.82, 2.24) is 15.1 Å². The van der Waals surface area contributed by atoms with Crippen molar-refractivity contribution in [3.05, 3.63) is 0 Å². The Morgan fingerprint density at radius 3 is 2.30 bits per heavy atom. The average molecular weight is 437 g/mol. The molecule has 0 saturated carbocycles. The van der Waals surface area contributed by atoms with Crippen LogP contribution in [-0.2, 0) is 0 Å². The number of nitrogens with two attached hydrogens (primary N) is 1. The van der Waals surface area contributed by atoms with Crippen LogP contribution in [0, 0.1) is 5.92 Å². The van der Waals surface area contributed by atoms with Gasteiger partial charge in [-0.25, -0.2) is 0 Å². The molecule has 23 heavy (non-hydrogen) atoms. The second kappa shape index (κ2) is 10.0. The first-order valence-corrected chi connectivity index (χ1v) is 8.99. The maximum absolute atomic E-state index is 6.06. The lowest BCUT2D eigenvalue weighted by Crippen LogP contribution is -2.58. The normalized spacial score (nSPS) is 23.6. The van der Waals surface area contributed by atoms with Crippen LogP contribution in [0.4, 0.5) is 0 Å². The first-order chi connectivity index (χ1) is 10.5. The summed E-state index contributed by atoms with van der Waals surface area (Å²) in [5, 5.41) is 3.25. The van der Waals surface area contributed by atoms with Gasteiger partial charge in [0, 0.05) is 12.1 Å². The minimum Gasteiger partial charge on any atom is -0.370 e. The van der Waals surface area contributed by atoms with Gasteiger partial charge in [0.2, 0.25) is 0 Å². The Labute approximate surface area is 159 Å². The number of nitrogens with one attached hydrogen (secondary N) is 1. The van der Waals surface area contributed by atoms with E-state index in [-0.39, 0.29) is 29.5 Å². The predicted molar refractivity (Wildman–Crippen MR) is 110 cm³/mol. The molecule has 0 aliphatic carbocycles. The molecule has 0 unspecified atom stereocenters. The number of rotatable bonds is 5. The third-order valence-corrected chi connectivity index (χ3v) is 5.18. The lowest BCUT2D eigenvalue weighted by atomic mass is 9.84. The maximum Gasteiger partial charge on any atom is 0.188 e. The molecule has 0 bridgehead atoms. The topological polar surface area (TPSA) is 56.9 Å². The fourth-order valence-corrected chi connectivity index (χ4v) is 3.57. The van der Waals surface area contributed by atoms with Crippen LogP contribution in [0.1, 0.15) is 46.0 Å². The summed E-state index contributed by atoms with van der Waals surface area (Å²) in [5.74, 6) is 1.21. The van der Waals surface area contributed by atoms with E-state index in [1.807, 2.05) is 0 Å². The van der Waals surface area contributed by atoms with Crippen LogP contribution in [0.25, 0.3) is 0 Å². The summed E-state index contributed by atoms with van der Waals surface area (Å²) in [6.07, 6.45) is 6.48. The van der Waals surface area contributed by atoms with Crippen LogP contribution >= 0.6 is 24.0 Å². The number of likely N-dealkylation sites (tertiary alicyclic amines) is 2. The van der Waals surface area contributed by atoms with E-state index in [4.69, 9.17) is 10.7 Å². The van der Waals surface area contributed by atoms with E-state index in [1.54, 1.807) is 0 Å². The van der Waals surface area contributed by atoms with Crippen molar-refractivity contribution in [2.45, 2.75) is 51.5 Å². The Morgan fingerprint density at radius 1 is 1.13 bits per heavy atom. The van der Waals surface area contributed by atoms with Crippen molar-refractivity contribution >= 4 is 29.9 Å². The number of guanidine groups is 1. The van der Waals surface area contributed by atoms with Crippen LogP contribution in [0.5, 0.6) is 0 Å². The highest BCUT2D eigenvalue weighted by Crippen LogP contribution is 2.31. The molecular formula is C17H36IN5. The lowest BCUT2D eigenvalue weighted by molar-refractivity contribution is 0.0208. The van der Waals surface area contributed by atoms with E-state index in [1.165, 1.54) is 58.3 Å². The summed E-state index contributed by atoms with van der Waals surface area (Å²) in [7, 11) is 2.22. The number of hydrogen-bond donors (Lipinski definition) is 2. The highest BCUT2D eigenvalue weighted by atomic mass is 127. The van der Waals surface area contributed by atoms with Gasteiger partial charge >= 0.3 is 0 Å². The Kier molecular flexibility index (Phi) is 9.15. The summed E-state index contributed by atoms with van der Waals surface area (Å²) in [6.45, 7) is 10.9. The van der Waals surface area contributed by atoms with Crippen LogP contribution < -0.4 is 11.1 Å². The van der Waals surface area contributed by atoms with Crippen LogP contribution in [0.15, 0.2) is 4.99 Å². The van der Waals surface area contributed by atoms with Gasteiger partial charge in [-0.1, -0.05) is 20.3 Å². The van der Waals surface area contributed by atoms with Gasteiger partial charge in [0.05, 0.1) is 6.54 Å². The Balaban J connectivity index is 0.00000264. The van der Waals surface area contributed by atoms with Crippen molar-refractivity contribution < 1.29 is 0 Å². The SMILES string of the molecule is CC(C)CNC(N)=NCC1(N2CCCCC2)CCN(C)CC1.I. The van der Waals surface area contributed by atoms with Gasteiger partial charge < -0.3 is 16.0 Å². The number of piperidine rings is 2. The minimum absolute atomic E-state index is 0. The molecule has 136 valence electrons. The molecule has 0 atom stereocenters. The molecule has 3 N–H and O–H groups in total. The largest absolute Gasteiger partial charge is 0.370 e. The smallest absolute Gasteiger partial charge is 0.188 e. The van der Waals surface area contributed by atoms with Gasteiger partial charge in [0.25, 0.3) is 0 Å². The second-order valence-electron chi connectivity index (χ2n) is 7.55. The van der Waals surface area contributed by atoms with E-state index in [2.05, 4.69) is 36.0 Å². The molecule has 2 saturated heterocycles. The molecule has 2 aliphatic heterocycles. The van der Waals surface area contributed by atoms with E-state index in [9.17, 15) is 0 Å². The van der Waals surface area contributed by atoms with E-state index < -0.39 is 0 Å². The number of aliphatic imine (C=N–C) groups is 1. The molecular weight excluding hydrogens is 401 g/mol. The summed E-state index contributed by atoms with van der Waals surface area (Å²) in [4.78, 5) is 9.86. The zero-order chi connectivity index (χ0) is 16.0. The highest BCUT2D eigenvalue weighted by molar-refractivity contribution is 14.0. The minimum atomic E-state index is 0. The number of halogens is 1. The molecule has 2 fully saturated rings. The first-order valence-electron chi connectivity index (χ1n) is 8.99. The van der Waals surface area contributed by atoms with Gasteiger partial charge in [0.1, 0.15) is 0 Å². The fourth-order valence-electron chi connectivity index (χ4n) is 3.57. The monoisotopic (exact) mass is 437 g/mol. The summed E-state index contributed by atoms with van der Waals surface area (Å²) < 4.78 is 0. The van der Waals surface area contributed by atoms with Gasteiger partial charge in [-0.15, -0.1) is 24.0 Å². The zero-order valence-corrected chi connectivity index (χ0v) is 17.5. The van der Waals surface area contributed by atoms with Crippen molar-refractivity contribution in [1.29, 1.82) is 0 Å². The zero-order valence-electron chi connectivity index (χ0n) is 15.2. The first kappa shape index (κ1) is 21.0. The third-order valence-electron chi connectivity index (χ3n) is 5.18. The van der Waals surface area contributed by atoms with Gasteiger partial charge in [-0.2, -0.15) is 0 Å². The quantitative estimate of drug-likeness (QED) is 0.393. The Hall–Kier alpha value is -0.0800. The van der Waals surface area contributed by atoms with Crippen LogP contribution in [0.3, 0.4) is 0 Å². The predicted octanol–water partition coefficient (Wildman–Crippen LogP) is 2.12.